The van der Waals surface area contributed by atoms with Crippen LogP contribution in [-0.2, 0) is 20.1 Å². The molecule has 0 saturated carbocycles. The molecule has 2 aromatic rings. The number of carbonyl (C=O) groups excluding carboxylic acids is 2. The van der Waals surface area contributed by atoms with Gasteiger partial charge in [-0.25, -0.2) is 9.78 Å². The molecule has 2 aliphatic rings. The number of carboxylic acids is 1. The van der Waals surface area contributed by atoms with Crippen molar-refractivity contribution in [3.63, 3.8) is 0 Å². The molecular formula is C20H20ClN7O5S4. The van der Waals surface area contributed by atoms with Crippen LogP contribution in [0.5, 0.6) is 0 Å². The smallest absolute Gasteiger partial charge is 0.353 e. The molecule has 37 heavy (non-hydrogen) atoms. The summed E-state index contributed by atoms with van der Waals surface area (Å²) in [6, 6.07) is 0.834. The maximum Gasteiger partial charge on any atom is 0.353 e. The van der Waals surface area contributed by atoms with Crippen molar-refractivity contribution < 1.29 is 24.7 Å². The van der Waals surface area contributed by atoms with Crippen molar-refractivity contribution in [1.82, 2.24) is 20.2 Å². The van der Waals surface area contributed by atoms with Gasteiger partial charge in [-0.1, -0.05) is 39.9 Å². The highest BCUT2D eigenvalue weighted by molar-refractivity contribution is 8.06. The van der Waals surface area contributed by atoms with Gasteiger partial charge in [-0.05, 0) is 11.6 Å². The molecule has 0 aromatic carbocycles. The molecule has 196 valence electrons. The van der Waals surface area contributed by atoms with Crippen molar-refractivity contribution in [2.75, 3.05) is 23.8 Å². The number of rotatable bonds is 10. The molecule has 2 amide bonds. The summed E-state index contributed by atoms with van der Waals surface area (Å²) in [6.45, 7) is 0.551. The van der Waals surface area contributed by atoms with Gasteiger partial charge < -0.3 is 27.1 Å². The molecule has 7 N–H and O–H groups in total. The summed E-state index contributed by atoms with van der Waals surface area (Å²) in [5.41, 5.74) is 11.4. The van der Waals surface area contributed by atoms with Crippen LogP contribution in [0.1, 0.15) is 11.3 Å². The molecular weight excluding hydrogens is 582 g/mol. The first-order chi connectivity index (χ1) is 17.8. The number of β-lactam (4-membered cyclic amide) rings is 1. The number of halogens is 1. The highest BCUT2D eigenvalue weighted by Crippen LogP contribution is 2.45. The van der Waals surface area contributed by atoms with Gasteiger partial charge in [0.15, 0.2) is 10.8 Å². The van der Waals surface area contributed by atoms with Crippen LogP contribution in [0.4, 0.5) is 5.13 Å². The fourth-order valence-electron chi connectivity index (χ4n) is 3.56. The summed E-state index contributed by atoms with van der Waals surface area (Å²) in [5.74, 6) is -0.985. The van der Waals surface area contributed by atoms with Gasteiger partial charge in [-0.2, -0.15) is 11.8 Å². The van der Waals surface area contributed by atoms with E-state index in [4.69, 9.17) is 23.1 Å². The number of nitrogen functional groups attached to an aromatic ring is 1. The van der Waals surface area contributed by atoms with Crippen LogP contribution in [0, 0.1) is 0 Å². The van der Waals surface area contributed by atoms with E-state index in [0.29, 0.717) is 23.0 Å². The minimum Gasteiger partial charge on any atom is -0.477 e. The first-order valence-corrected chi connectivity index (χ1v) is 14.7. The second-order valence-corrected chi connectivity index (χ2v) is 12.5. The zero-order valence-corrected chi connectivity index (χ0v) is 22.8. The number of nitrogens with one attached hydrogen (secondary N) is 1. The standard InChI is InChI=1S/C20H20ClN7O5S4/c21-15-11(26-20(23)37-15)12(27-33)16(29)25-13-17(30)28-14(19(31)32)10(7-35-18(13)28)36-9-5-24-3-1-8(9)6-34-4-2-22/h1,3,5,13,18,33H,2,4,6-7,22H2,(H2,23,26)(H,25,29)(H,31,32)/b27-12-. The average molecular weight is 602 g/mol. The lowest BCUT2D eigenvalue weighted by molar-refractivity contribution is -0.150. The number of thioether (sulfide) groups is 3. The number of pyridine rings is 1. The first-order valence-electron chi connectivity index (χ1n) is 10.5. The fourth-order valence-corrected chi connectivity index (χ4v) is 7.93. The lowest BCUT2D eigenvalue weighted by atomic mass is 10.0. The van der Waals surface area contributed by atoms with Gasteiger partial charge in [0.1, 0.15) is 27.1 Å². The number of anilines is 1. The monoisotopic (exact) mass is 601 g/mol. The minimum absolute atomic E-state index is 0.0445. The predicted molar refractivity (Wildman–Crippen MR) is 145 cm³/mol. The van der Waals surface area contributed by atoms with E-state index in [-0.39, 0.29) is 20.9 Å². The van der Waals surface area contributed by atoms with E-state index in [0.717, 1.165) is 32.4 Å². The molecule has 2 unspecified atom stereocenters. The van der Waals surface area contributed by atoms with Crippen LogP contribution >= 0.6 is 58.2 Å². The maximum atomic E-state index is 13.0. The third kappa shape index (κ3) is 5.68. The number of hydrogen-bond donors (Lipinski definition) is 5. The molecule has 17 heteroatoms. The lowest BCUT2D eigenvalue weighted by Gasteiger charge is -2.49. The summed E-state index contributed by atoms with van der Waals surface area (Å²) in [5, 5.41) is 24.2. The molecule has 0 spiro atoms. The van der Waals surface area contributed by atoms with E-state index in [9.17, 15) is 24.7 Å². The maximum absolute atomic E-state index is 13.0. The zero-order chi connectivity index (χ0) is 26.7. The summed E-state index contributed by atoms with van der Waals surface area (Å²) in [4.78, 5) is 48.5. The quantitative estimate of drug-likeness (QED) is 0.0868. The van der Waals surface area contributed by atoms with Crippen molar-refractivity contribution in [3.8, 4) is 0 Å². The van der Waals surface area contributed by atoms with Gasteiger partial charge in [0.2, 0.25) is 0 Å². The number of fused-ring (bicyclic) bond motifs is 1. The Balaban J connectivity index is 1.52. The molecule has 1 fully saturated rings. The number of nitrogens with two attached hydrogens (primary N) is 2. The average Bonchev–Trinajstić information content (AvgIpc) is 3.20. The fraction of sp³-hybridized carbons (Fsp3) is 0.300. The van der Waals surface area contributed by atoms with Crippen LogP contribution in [0.15, 0.2) is 39.1 Å². The Morgan fingerprint density at radius 3 is 2.84 bits per heavy atom. The van der Waals surface area contributed by atoms with E-state index >= 15 is 0 Å². The van der Waals surface area contributed by atoms with Crippen molar-refractivity contribution in [2.24, 2.45) is 10.9 Å². The van der Waals surface area contributed by atoms with Gasteiger partial charge in [0.05, 0.1) is 0 Å². The largest absolute Gasteiger partial charge is 0.477 e. The predicted octanol–water partition coefficient (Wildman–Crippen LogP) is 1.63. The third-order valence-electron chi connectivity index (χ3n) is 5.19. The summed E-state index contributed by atoms with van der Waals surface area (Å²) < 4.78 is 0.0445. The number of aliphatic carboxylic acids is 1. The third-order valence-corrected chi connectivity index (χ3v) is 9.94. The first kappa shape index (κ1) is 27.5. The molecule has 2 aromatic heterocycles. The van der Waals surface area contributed by atoms with Gasteiger partial charge in [0.25, 0.3) is 11.8 Å². The Kier molecular flexibility index (Phi) is 8.86. The zero-order valence-electron chi connectivity index (χ0n) is 18.8. The van der Waals surface area contributed by atoms with E-state index in [2.05, 4.69) is 20.4 Å². The summed E-state index contributed by atoms with van der Waals surface area (Å²) in [6.07, 6.45) is 3.34. The van der Waals surface area contributed by atoms with E-state index in [1.54, 1.807) is 24.2 Å². The van der Waals surface area contributed by atoms with Gasteiger partial charge in [-0.3, -0.25) is 19.5 Å². The molecule has 12 nitrogen and oxygen atoms in total. The summed E-state index contributed by atoms with van der Waals surface area (Å²) in [7, 11) is 0. The lowest BCUT2D eigenvalue weighted by Crippen LogP contribution is -2.71. The molecule has 2 atom stereocenters. The van der Waals surface area contributed by atoms with Crippen molar-refractivity contribution in [3.05, 3.63) is 44.7 Å². The second kappa shape index (κ2) is 11.9. The number of amides is 2. The summed E-state index contributed by atoms with van der Waals surface area (Å²) >= 11 is 11.1. The molecule has 0 bridgehead atoms. The Hall–Kier alpha value is -2.50. The minimum atomic E-state index is -1.25. The number of hydrogen-bond acceptors (Lipinski definition) is 13. The van der Waals surface area contributed by atoms with Crippen molar-refractivity contribution in [2.45, 2.75) is 22.1 Å². The number of thiazole rings is 1. The highest BCUT2D eigenvalue weighted by atomic mass is 35.5. The topological polar surface area (TPSA) is 197 Å². The van der Waals surface area contributed by atoms with Crippen molar-refractivity contribution >= 4 is 86.9 Å². The van der Waals surface area contributed by atoms with Gasteiger partial charge in [-0.15, -0.1) is 11.8 Å². The molecule has 0 aliphatic carbocycles. The molecule has 4 heterocycles. The molecule has 2 aliphatic heterocycles. The molecule has 0 radical (unpaired) electrons. The van der Waals surface area contributed by atoms with Gasteiger partial charge >= 0.3 is 5.97 Å². The van der Waals surface area contributed by atoms with E-state index < -0.39 is 34.9 Å². The van der Waals surface area contributed by atoms with Crippen LogP contribution < -0.4 is 16.8 Å². The number of aromatic nitrogens is 2. The Labute approximate surface area is 232 Å². The second-order valence-electron chi connectivity index (χ2n) is 7.49. The number of oxime groups is 1. The SMILES string of the molecule is NCCSCc1ccncc1SC1=C(C(=O)O)N2C(=O)C(NC(=O)/C(=N\O)c3nc(N)sc3Cl)C2SC1. The number of nitrogens with zero attached hydrogens (tertiary/aromatic N) is 4. The number of carbonyl (C=O) groups is 3. The normalized spacial score (nSPS) is 19.5. The Morgan fingerprint density at radius 1 is 1.41 bits per heavy atom. The highest BCUT2D eigenvalue weighted by Gasteiger charge is 2.54. The van der Waals surface area contributed by atoms with Crippen molar-refractivity contribution in [1.29, 1.82) is 0 Å². The molecule has 4 rings (SSSR count). The van der Waals surface area contributed by atoms with Crippen LogP contribution in [0.25, 0.3) is 0 Å². The Bertz CT molecular complexity index is 1300. The van der Waals surface area contributed by atoms with Crippen LogP contribution in [0.3, 0.4) is 0 Å². The Morgan fingerprint density at radius 2 is 2.19 bits per heavy atom. The van der Waals surface area contributed by atoms with E-state index in [1.807, 2.05) is 6.07 Å². The van der Waals surface area contributed by atoms with Crippen LogP contribution in [-0.4, -0.2) is 78.1 Å². The van der Waals surface area contributed by atoms with E-state index in [1.165, 1.54) is 23.5 Å². The van der Waals surface area contributed by atoms with Crippen LogP contribution in [0.2, 0.25) is 4.34 Å². The number of carboxylic acid groups (broad SMARTS) is 1. The van der Waals surface area contributed by atoms with Gasteiger partial charge in [0, 0.05) is 46.0 Å². The molecule has 1 saturated heterocycles.